The average Bonchev–Trinajstić information content (AvgIpc) is 3.16. The molecule has 0 saturated heterocycles. The van der Waals surface area contributed by atoms with Gasteiger partial charge in [-0.2, -0.15) is 0 Å². The van der Waals surface area contributed by atoms with Crippen LogP contribution in [0.3, 0.4) is 0 Å². The summed E-state index contributed by atoms with van der Waals surface area (Å²) in [6.45, 7) is 7.11. The summed E-state index contributed by atoms with van der Waals surface area (Å²) < 4.78 is 0. The summed E-state index contributed by atoms with van der Waals surface area (Å²) in [5.41, 5.74) is 4.60. The molecule has 0 radical (unpaired) electrons. The Morgan fingerprint density at radius 3 is 2.73 bits per heavy atom. The maximum Gasteiger partial charge on any atom is 0.255 e. The number of rotatable bonds is 3. The lowest BCUT2D eigenvalue weighted by molar-refractivity contribution is -0.124. The molecule has 5 heteroatoms. The lowest BCUT2D eigenvalue weighted by atomic mass is 10.0. The number of hydrogen-bond donors (Lipinski definition) is 0. The summed E-state index contributed by atoms with van der Waals surface area (Å²) in [6, 6.07) is 9.17. The highest BCUT2D eigenvalue weighted by atomic mass is 16.2. The second kappa shape index (κ2) is 6.24. The van der Waals surface area contributed by atoms with Crippen LogP contribution >= 0.6 is 0 Å². The fourth-order valence-electron chi connectivity index (χ4n) is 4.02. The van der Waals surface area contributed by atoms with Crippen molar-refractivity contribution in [2.75, 3.05) is 11.4 Å². The van der Waals surface area contributed by atoms with Gasteiger partial charge in [0.15, 0.2) is 0 Å². The third kappa shape index (κ3) is 2.59. The van der Waals surface area contributed by atoms with E-state index < -0.39 is 6.04 Å². The Morgan fingerprint density at radius 2 is 2.00 bits per heavy atom. The first-order chi connectivity index (χ1) is 12.5. The molecule has 2 aliphatic heterocycles. The monoisotopic (exact) mass is 349 g/mol. The molecule has 1 aromatic carbocycles. The van der Waals surface area contributed by atoms with Crippen LogP contribution < -0.4 is 4.90 Å². The molecule has 2 aromatic rings. The third-order valence-electron chi connectivity index (χ3n) is 5.28. The van der Waals surface area contributed by atoms with Crippen LogP contribution in [0.5, 0.6) is 0 Å². The second-order valence-electron chi connectivity index (χ2n) is 7.50. The van der Waals surface area contributed by atoms with Crippen molar-refractivity contribution >= 4 is 17.5 Å². The fraction of sp³-hybridized carbons (Fsp3) is 0.381. The van der Waals surface area contributed by atoms with Crippen LogP contribution in [0.2, 0.25) is 0 Å². The quantitative estimate of drug-likeness (QED) is 0.856. The van der Waals surface area contributed by atoms with Crippen molar-refractivity contribution in [3.63, 3.8) is 0 Å². The van der Waals surface area contributed by atoms with Crippen molar-refractivity contribution in [1.82, 2.24) is 9.88 Å². The highest BCUT2D eigenvalue weighted by Crippen LogP contribution is 2.32. The number of amides is 2. The molecule has 2 amide bonds. The molecule has 0 aliphatic carbocycles. The number of hydrogen-bond acceptors (Lipinski definition) is 3. The smallest absolute Gasteiger partial charge is 0.255 e. The largest absolute Gasteiger partial charge is 0.322 e. The van der Waals surface area contributed by atoms with Gasteiger partial charge in [0.1, 0.15) is 6.04 Å². The van der Waals surface area contributed by atoms with Gasteiger partial charge in [-0.1, -0.05) is 32.0 Å². The third-order valence-corrected chi connectivity index (χ3v) is 5.28. The predicted octanol–water partition coefficient (Wildman–Crippen LogP) is 2.96. The number of pyridine rings is 1. The van der Waals surface area contributed by atoms with E-state index in [9.17, 15) is 9.59 Å². The topological polar surface area (TPSA) is 53.5 Å². The van der Waals surface area contributed by atoms with Crippen molar-refractivity contribution in [3.05, 3.63) is 58.9 Å². The van der Waals surface area contributed by atoms with Gasteiger partial charge in [0.05, 0.1) is 11.4 Å². The van der Waals surface area contributed by atoms with Gasteiger partial charge in [0.25, 0.3) is 5.91 Å². The van der Waals surface area contributed by atoms with Crippen molar-refractivity contribution in [3.8, 4) is 0 Å². The highest BCUT2D eigenvalue weighted by molar-refractivity contribution is 6.05. The van der Waals surface area contributed by atoms with Crippen LogP contribution in [0.4, 0.5) is 5.69 Å². The number of benzene rings is 1. The lowest BCUT2D eigenvalue weighted by Gasteiger charge is -2.33. The van der Waals surface area contributed by atoms with Gasteiger partial charge >= 0.3 is 0 Å². The first kappa shape index (κ1) is 16.8. The maximum atomic E-state index is 13.4. The molecule has 0 spiro atoms. The molecule has 3 heterocycles. The molecule has 0 N–H and O–H groups in total. The summed E-state index contributed by atoms with van der Waals surface area (Å²) in [4.78, 5) is 34.4. The summed E-state index contributed by atoms with van der Waals surface area (Å²) in [6.07, 6.45) is 2.60. The van der Waals surface area contributed by atoms with E-state index >= 15 is 0 Å². The van der Waals surface area contributed by atoms with Crippen LogP contribution in [0.25, 0.3) is 0 Å². The van der Waals surface area contributed by atoms with Gasteiger partial charge in [-0.15, -0.1) is 0 Å². The molecule has 1 aromatic heterocycles. The fourth-order valence-corrected chi connectivity index (χ4v) is 4.02. The SMILES string of the molecule is Cc1cnc2c(c1)N(C(=O)[C@@H](C(C)C)N1Cc3ccccc3C1=O)CC2. The highest BCUT2D eigenvalue weighted by Gasteiger charge is 2.41. The minimum absolute atomic E-state index is 0.00712. The van der Waals surface area contributed by atoms with Crippen molar-refractivity contribution in [2.24, 2.45) is 5.92 Å². The average molecular weight is 349 g/mol. The van der Waals surface area contributed by atoms with Crippen LogP contribution in [0.1, 0.15) is 41.0 Å². The van der Waals surface area contributed by atoms with Crippen LogP contribution in [0.15, 0.2) is 36.5 Å². The number of anilines is 1. The lowest BCUT2D eigenvalue weighted by Crippen LogP contribution is -2.51. The minimum Gasteiger partial charge on any atom is -0.322 e. The van der Waals surface area contributed by atoms with E-state index in [2.05, 4.69) is 4.98 Å². The Morgan fingerprint density at radius 1 is 1.23 bits per heavy atom. The molecule has 0 bridgehead atoms. The molecular formula is C21H23N3O2. The van der Waals surface area contributed by atoms with Crippen LogP contribution in [-0.4, -0.2) is 34.3 Å². The van der Waals surface area contributed by atoms with Crippen LogP contribution in [-0.2, 0) is 17.8 Å². The summed E-state index contributed by atoms with van der Waals surface area (Å²) >= 11 is 0. The zero-order chi connectivity index (χ0) is 18.4. The molecule has 26 heavy (non-hydrogen) atoms. The van der Waals surface area contributed by atoms with E-state index in [1.54, 1.807) is 4.90 Å². The molecule has 0 fully saturated rings. The van der Waals surface area contributed by atoms with Crippen molar-refractivity contribution in [1.29, 1.82) is 0 Å². The Bertz CT molecular complexity index is 891. The number of nitrogens with zero attached hydrogens (tertiary/aromatic N) is 3. The van der Waals surface area contributed by atoms with Gasteiger partial charge in [-0.3, -0.25) is 14.6 Å². The zero-order valence-corrected chi connectivity index (χ0v) is 15.4. The Hall–Kier alpha value is -2.69. The standard InChI is InChI=1S/C21H23N3O2/c1-13(2)19(24-12-15-6-4-5-7-16(15)20(24)25)21(26)23-9-8-17-18(23)10-14(3)11-22-17/h4-7,10-11,13,19H,8-9,12H2,1-3H3/t19-/m1/s1. The number of carbonyl (C=O) groups is 2. The number of aryl methyl sites for hydroxylation is 1. The Kier molecular flexibility index (Phi) is 4.02. The maximum absolute atomic E-state index is 13.4. The molecule has 4 rings (SSSR count). The molecule has 5 nitrogen and oxygen atoms in total. The molecule has 134 valence electrons. The van der Waals surface area contributed by atoms with Gasteiger partial charge in [0, 0.05) is 31.3 Å². The van der Waals surface area contributed by atoms with Crippen molar-refractivity contribution in [2.45, 2.75) is 39.8 Å². The van der Waals surface area contributed by atoms with E-state index in [4.69, 9.17) is 0 Å². The summed E-state index contributed by atoms with van der Waals surface area (Å²) in [5.74, 6) is -0.0238. The second-order valence-corrected chi connectivity index (χ2v) is 7.50. The van der Waals surface area contributed by atoms with E-state index in [1.807, 2.05) is 62.2 Å². The Balaban J connectivity index is 1.66. The minimum atomic E-state index is -0.471. The van der Waals surface area contributed by atoms with Crippen LogP contribution in [0, 0.1) is 12.8 Å². The number of fused-ring (bicyclic) bond motifs is 2. The summed E-state index contributed by atoms with van der Waals surface area (Å²) in [5, 5.41) is 0. The van der Waals surface area contributed by atoms with Gasteiger partial charge in [0.2, 0.25) is 5.91 Å². The van der Waals surface area contributed by atoms with Gasteiger partial charge in [-0.25, -0.2) is 0 Å². The molecule has 0 unspecified atom stereocenters. The normalized spacial score (nSPS) is 16.8. The number of aromatic nitrogens is 1. The van der Waals surface area contributed by atoms with Crippen molar-refractivity contribution < 1.29 is 9.59 Å². The van der Waals surface area contributed by atoms with E-state index in [-0.39, 0.29) is 17.7 Å². The summed E-state index contributed by atoms with van der Waals surface area (Å²) in [7, 11) is 0. The Labute approximate surface area is 153 Å². The van der Waals surface area contributed by atoms with Gasteiger partial charge in [-0.05, 0) is 36.1 Å². The first-order valence-corrected chi connectivity index (χ1v) is 9.13. The molecule has 2 aliphatic rings. The van der Waals surface area contributed by atoms with E-state index in [0.717, 1.165) is 28.9 Å². The van der Waals surface area contributed by atoms with E-state index in [1.165, 1.54) is 0 Å². The first-order valence-electron chi connectivity index (χ1n) is 9.13. The van der Waals surface area contributed by atoms with E-state index in [0.29, 0.717) is 18.7 Å². The zero-order valence-electron chi connectivity index (χ0n) is 15.4. The molecule has 1 atom stereocenters. The van der Waals surface area contributed by atoms with Gasteiger partial charge < -0.3 is 9.80 Å². The molecule has 0 saturated carbocycles. The number of carbonyl (C=O) groups excluding carboxylic acids is 2. The molecular weight excluding hydrogens is 326 g/mol. The predicted molar refractivity (Wildman–Crippen MR) is 100.0 cm³/mol.